The Hall–Kier alpha value is -2.60. The molecule has 2 aromatic rings. The van der Waals surface area contributed by atoms with Gasteiger partial charge < -0.3 is 4.74 Å². The first kappa shape index (κ1) is 19.7. The molecule has 4 nitrogen and oxygen atoms in total. The maximum atomic E-state index is 14.8. The van der Waals surface area contributed by atoms with Gasteiger partial charge in [0.2, 0.25) is 0 Å². The molecule has 0 radical (unpaired) electrons. The number of hydrogen-bond donors (Lipinski definition) is 0. The van der Waals surface area contributed by atoms with Crippen LogP contribution in [0, 0.1) is 11.7 Å². The fraction of sp³-hybridized carbons (Fsp3) is 0.348. The predicted molar refractivity (Wildman–Crippen MR) is 111 cm³/mol. The summed E-state index contributed by atoms with van der Waals surface area (Å²) in [4.78, 5) is 31.9. The summed E-state index contributed by atoms with van der Waals surface area (Å²) in [6, 6.07) is 10.4. The molecule has 150 valence electrons. The van der Waals surface area contributed by atoms with E-state index in [-0.39, 0.29) is 23.9 Å². The number of benzene rings is 1. The number of carbonyl (C=O) groups excluding carboxylic acids is 2. The van der Waals surface area contributed by atoms with Crippen molar-refractivity contribution >= 4 is 28.8 Å². The van der Waals surface area contributed by atoms with Crippen molar-refractivity contribution in [3.05, 3.63) is 69.3 Å². The number of ketones is 1. The highest BCUT2D eigenvalue weighted by Crippen LogP contribution is 2.46. The fourth-order valence-corrected chi connectivity index (χ4v) is 5.27. The van der Waals surface area contributed by atoms with Crippen molar-refractivity contribution in [3.63, 3.8) is 0 Å². The van der Waals surface area contributed by atoms with Crippen LogP contribution in [-0.4, -0.2) is 24.1 Å². The van der Waals surface area contributed by atoms with Gasteiger partial charge in [0.25, 0.3) is 0 Å². The quantitative estimate of drug-likeness (QED) is 0.664. The topological polar surface area (TPSA) is 55.7 Å². The number of nitrogens with zero attached hydrogens (tertiary/aromatic N) is 1. The van der Waals surface area contributed by atoms with Crippen molar-refractivity contribution in [2.24, 2.45) is 10.9 Å². The minimum atomic E-state index is -0.709. The lowest BCUT2D eigenvalue weighted by molar-refractivity contribution is -0.139. The highest BCUT2D eigenvalue weighted by atomic mass is 32.1. The van der Waals surface area contributed by atoms with Crippen molar-refractivity contribution in [1.29, 1.82) is 0 Å². The first-order valence-electron chi connectivity index (χ1n) is 9.77. The lowest BCUT2D eigenvalue weighted by Crippen LogP contribution is -2.41. The van der Waals surface area contributed by atoms with E-state index in [0.29, 0.717) is 24.1 Å². The summed E-state index contributed by atoms with van der Waals surface area (Å²) in [5.41, 5.74) is 1.87. The number of rotatable bonds is 4. The van der Waals surface area contributed by atoms with Crippen LogP contribution in [-0.2, 0) is 14.3 Å². The number of allylic oxidation sites excluding steroid dienone is 1. The normalized spacial score (nSPS) is 24.2. The molecule has 1 aromatic heterocycles. The minimum Gasteiger partial charge on any atom is -0.463 e. The SMILES string of the molecule is CCOC(=O)C1=C(C)N=C2C[C@@H](c3cccs3)CC(=O)[C@@H]2[C@H]1c1ccccc1F. The third kappa shape index (κ3) is 3.57. The molecular formula is C23H22FNO3S. The zero-order chi connectivity index (χ0) is 20.5. The summed E-state index contributed by atoms with van der Waals surface area (Å²) in [5, 5.41) is 2.00. The number of carbonyl (C=O) groups is 2. The van der Waals surface area contributed by atoms with Gasteiger partial charge in [0.15, 0.2) is 0 Å². The second-order valence-electron chi connectivity index (χ2n) is 7.39. The van der Waals surface area contributed by atoms with Gasteiger partial charge in [-0.3, -0.25) is 9.79 Å². The van der Waals surface area contributed by atoms with Crippen LogP contribution in [0.25, 0.3) is 0 Å². The molecule has 3 atom stereocenters. The van der Waals surface area contributed by atoms with E-state index in [0.717, 1.165) is 10.6 Å². The van der Waals surface area contributed by atoms with Crippen LogP contribution in [0.3, 0.4) is 0 Å². The molecule has 29 heavy (non-hydrogen) atoms. The van der Waals surface area contributed by atoms with Gasteiger partial charge in [0.05, 0.1) is 18.1 Å². The van der Waals surface area contributed by atoms with Crippen LogP contribution in [0.15, 0.2) is 58.0 Å². The molecule has 0 unspecified atom stereocenters. The number of aliphatic imine (C=N–C) groups is 1. The van der Waals surface area contributed by atoms with Gasteiger partial charge in [-0.1, -0.05) is 24.3 Å². The Bertz CT molecular complexity index is 1010. The van der Waals surface area contributed by atoms with Gasteiger partial charge >= 0.3 is 5.97 Å². The Labute approximate surface area is 173 Å². The van der Waals surface area contributed by atoms with E-state index in [1.165, 1.54) is 6.07 Å². The Balaban J connectivity index is 1.83. The first-order chi connectivity index (χ1) is 14.0. The molecule has 0 saturated heterocycles. The number of fused-ring (bicyclic) bond motifs is 1. The van der Waals surface area contributed by atoms with Gasteiger partial charge in [-0.25, -0.2) is 9.18 Å². The molecule has 1 fully saturated rings. The van der Waals surface area contributed by atoms with E-state index < -0.39 is 23.6 Å². The van der Waals surface area contributed by atoms with Crippen molar-refractivity contribution < 1.29 is 18.7 Å². The zero-order valence-corrected chi connectivity index (χ0v) is 17.2. The van der Waals surface area contributed by atoms with Crippen molar-refractivity contribution in [3.8, 4) is 0 Å². The summed E-state index contributed by atoms with van der Waals surface area (Å²) in [5.74, 6) is -2.23. The molecule has 0 amide bonds. The number of Topliss-reactive ketones (excluding diaryl/α,β-unsaturated/α-hetero) is 1. The maximum Gasteiger partial charge on any atom is 0.336 e. The van der Waals surface area contributed by atoms with Crippen LogP contribution >= 0.6 is 11.3 Å². The summed E-state index contributed by atoms with van der Waals surface area (Å²) in [7, 11) is 0. The molecule has 0 N–H and O–H groups in total. The van der Waals surface area contributed by atoms with Crippen LogP contribution in [0.4, 0.5) is 4.39 Å². The average Bonchev–Trinajstić information content (AvgIpc) is 3.22. The lowest BCUT2D eigenvalue weighted by atomic mass is 9.67. The van der Waals surface area contributed by atoms with E-state index in [1.54, 1.807) is 43.4 Å². The predicted octanol–water partition coefficient (Wildman–Crippen LogP) is 5.03. The van der Waals surface area contributed by atoms with Crippen LogP contribution in [0.5, 0.6) is 0 Å². The zero-order valence-electron chi connectivity index (χ0n) is 16.4. The fourth-order valence-electron chi connectivity index (χ4n) is 4.44. The second-order valence-corrected chi connectivity index (χ2v) is 8.37. The Morgan fingerprint density at radius 2 is 2.00 bits per heavy atom. The second kappa shape index (κ2) is 8.03. The monoisotopic (exact) mass is 411 g/mol. The van der Waals surface area contributed by atoms with Gasteiger partial charge in [-0.2, -0.15) is 0 Å². The molecule has 0 spiro atoms. The minimum absolute atomic E-state index is 0.00375. The van der Waals surface area contributed by atoms with Crippen molar-refractivity contribution in [2.75, 3.05) is 6.61 Å². The van der Waals surface area contributed by atoms with Crippen molar-refractivity contribution in [1.82, 2.24) is 0 Å². The van der Waals surface area contributed by atoms with Gasteiger partial charge in [0.1, 0.15) is 11.6 Å². The standard InChI is InChI=1S/C23H22FNO3S/c1-3-28-23(27)20-13(2)25-17-11-14(19-9-6-10-29-19)12-18(26)22(17)21(20)15-7-4-5-8-16(15)24/h4-10,14,21-22H,3,11-12H2,1-2H3/t14-,21+,22-/m1/s1. The Morgan fingerprint density at radius 1 is 1.21 bits per heavy atom. The van der Waals surface area contributed by atoms with Gasteiger partial charge in [-0.15, -0.1) is 11.3 Å². The third-order valence-electron chi connectivity index (χ3n) is 5.64. The first-order valence-corrected chi connectivity index (χ1v) is 10.6. The highest BCUT2D eigenvalue weighted by Gasteiger charge is 2.46. The molecule has 1 aliphatic heterocycles. The van der Waals surface area contributed by atoms with E-state index in [2.05, 4.69) is 4.99 Å². The smallest absolute Gasteiger partial charge is 0.336 e. The van der Waals surface area contributed by atoms with Gasteiger partial charge in [-0.05, 0) is 43.3 Å². The highest BCUT2D eigenvalue weighted by molar-refractivity contribution is 7.10. The summed E-state index contributed by atoms with van der Waals surface area (Å²) < 4.78 is 20.0. The van der Waals surface area contributed by atoms with E-state index in [9.17, 15) is 14.0 Å². The number of ether oxygens (including phenoxy) is 1. The molecule has 1 aromatic carbocycles. The van der Waals surface area contributed by atoms with E-state index in [4.69, 9.17) is 4.74 Å². The molecule has 6 heteroatoms. The van der Waals surface area contributed by atoms with Crippen molar-refractivity contribution in [2.45, 2.75) is 38.5 Å². The largest absolute Gasteiger partial charge is 0.463 e. The lowest BCUT2D eigenvalue weighted by Gasteiger charge is -2.38. The van der Waals surface area contributed by atoms with E-state index in [1.807, 2.05) is 17.5 Å². The van der Waals surface area contributed by atoms with Gasteiger partial charge in [0, 0.05) is 34.5 Å². The molecule has 4 rings (SSSR count). The third-order valence-corrected chi connectivity index (χ3v) is 6.67. The van der Waals surface area contributed by atoms with Crippen LogP contribution in [0.1, 0.15) is 49.0 Å². The maximum absolute atomic E-state index is 14.8. The molecule has 2 aliphatic rings. The Morgan fingerprint density at radius 3 is 2.69 bits per heavy atom. The summed E-state index contributed by atoms with van der Waals surface area (Å²) in [6.07, 6.45) is 1.000. The molecule has 1 saturated carbocycles. The molecule has 2 heterocycles. The number of hydrogen-bond acceptors (Lipinski definition) is 5. The number of thiophene rings is 1. The van der Waals surface area contributed by atoms with E-state index >= 15 is 0 Å². The Kier molecular flexibility index (Phi) is 5.46. The number of esters is 1. The van der Waals surface area contributed by atoms with Crippen LogP contribution in [0.2, 0.25) is 0 Å². The number of halogens is 1. The summed E-state index contributed by atoms with van der Waals surface area (Å²) >= 11 is 1.63. The van der Waals surface area contributed by atoms with Crippen LogP contribution < -0.4 is 0 Å². The average molecular weight is 411 g/mol. The summed E-state index contributed by atoms with van der Waals surface area (Å²) in [6.45, 7) is 3.67. The molecular weight excluding hydrogens is 389 g/mol. The molecule has 0 bridgehead atoms. The molecule has 1 aliphatic carbocycles.